The van der Waals surface area contributed by atoms with Crippen LogP contribution in [0, 0.1) is 13.8 Å². The van der Waals surface area contributed by atoms with E-state index in [1.807, 2.05) is 43.6 Å². The SMILES string of the molecule is Cc1nc(-c2nccc(-c3sc(-c4cccnc4)nc3C)n2)cs1. The molecule has 0 spiro atoms. The maximum absolute atomic E-state index is 4.68. The van der Waals surface area contributed by atoms with Gasteiger partial charge in [0.25, 0.3) is 0 Å². The van der Waals surface area contributed by atoms with Crippen molar-refractivity contribution >= 4 is 22.7 Å². The predicted octanol–water partition coefficient (Wildman–Crippen LogP) is 4.40. The van der Waals surface area contributed by atoms with Crippen molar-refractivity contribution in [3.63, 3.8) is 0 Å². The molecule has 0 saturated carbocycles. The molecule has 4 rings (SSSR count). The van der Waals surface area contributed by atoms with Crippen molar-refractivity contribution in [2.45, 2.75) is 13.8 Å². The van der Waals surface area contributed by atoms with Gasteiger partial charge in [0.05, 0.1) is 21.3 Å². The first kappa shape index (κ1) is 15.0. The summed E-state index contributed by atoms with van der Waals surface area (Å²) in [6.45, 7) is 3.98. The van der Waals surface area contributed by atoms with E-state index in [4.69, 9.17) is 0 Å². The first-order chi connectivity index (χ1) is 11.7. The zero-order valence-electron chi connectivity index (χ0n) is 13.1. The highest BCUT2D eigenvalue weighted by atomic mass is 32.1. The van der Waals surface area contributed by atoms with E-state index in [9.17, 15) is 0 Å². The van der Waals surface area contributed by atoms with Crippen molar-refractivity contribution in [3.8, 4) is 32.7 Å². The number of aromatic nitrogens is 5. The van der Waals surface area contributed by atoms with Crippen LogP contribution in [-0.2, 0) is 0 Å². The van der Waals surface area contributed by atoms with Crippen molar-refractivity contribution in [1.82, 2.24) is 24.9 Å². The highest BCUT2D eigenvalue weighted by Crippen LogP contribution is 2.34. The molecule has 4 aromatic heterocycles. The molecule has 0 unspecified atom stereocenters. The van der Waals surface area contributed by atoms with E-state index in [0.717, 1.165) is 37.5 Å². The summed E-state index contributed by atoms with van der Waals surface area (Å²) in [5.74, 6) is 0.646. The Kier molecular flexibility index (Phi) is 3.87. The molecule has 0 aromatic carbocycles. The van der Waals surface area contributed by atoms with Crippen LogP contribution in [0.5, 0.6) is 0 Å². The van der Waals surface area contributed by atoms with E-state index in [2.05, 4.69) is 24.9 Å². The van der Waals surface area contributed by atoms with Crippen LogP contribution >= 0.6 is 22.7 Å². The molecule has 0 fully saturated rings. The monoisotopic (exact) mass is 351 g/mol. The summed E-state index contributed by atoms with van der Waals surface area (Å²) < 4.78 is 0. The molecule has 7 heteroatoms. The van der Waals surface area contributed by atoms with Crippen LogP contribution in [-0.4, -0.2) is 24.9 Å². The van der Waals surface area contributed by atoms with Gasteiger partial charge in [-0.1, -0.05) is 0 Å². The minimum absolute atomic E-state index is 0.646. The van der Waals surface area contributed by atoms with Gasteiger partial charge in [-0.3, -0.25) is 4.98 Å². The number of thiazole rings is 2. The average Bonchev–Trinajstić information content (AvgIpc) is 3.22. The van der Waals surface area contributed by atoms with Crippen LogP contribution in [0.15, 0.2) is 42.2 Å². The van der Waals surface area contributed by atoms with Crippen molar-refractivity contribution < 1.29 is 0 Å². The van der Waals surface area contributed by atoms with E-state index < -0.39 is 0 Å². The fourth-order valence-electron chi connectivity index (χ4n) is 2.32. The minimum Gasteiger partial charge on any atom is -0.264 e. The lowest BCUT2D eigenvalue weighted by molar-refractivity contribution is 1.14. The minimum atomic E-state index is 0.646. The molecule has 4 aromatic rings. The van der Waals surface area contributed by atoms with Gasteiger partial charge in [0, 0.05) is 29.5 Å². The molecule has 0 amide bonds. The zero-order valence-corrected chi connectivity index (χ0v) is 14.7. The van der Waals surface area contributed by atoms with Crippen LogP contribution in [0.2, 0.25) is 0 Å². The number of hydrogen-bond donors (Lipinski definition) is 0. The zero-order chi connectivity index (χ0) is 16.5. The third-order valence-electron chi connectivity index (χ3n) is 3.44. The average molecular weight is 351 g/mol. The number of aryl methyl sites for hydroxylation is 2. The Morgan fingerprint density at radius 2 is 1.88 bits per heavy atom. The van der Waals surface area contributed by atoms with Crippen molar-refractivity contribution in [3.05, 3.63) is 52.9 Å². The molecule has 0 saturated heterocycles. The van der Waals surface area contributed by atoms with E-state index >= 15 is 0 Å². The van der Waals surface area contributed by atoms with E-state index in [-0.39, 0.29) is 0 Å². The number of rotatable bonds is 3. The van der Waals surface area contributed by atoms with Crippen LogP contribution in [0.3, 0.4) is 0 Å². The lowest BCUT2D eigenvalue weighted by atomic mass is 10.3. The summed E-state index contributed by atoms with van der Waals surface area (Å²) in [5.41, 5.74) is 3.66. The van der Waals surface area contributed by atoms with Gasteiger partial charge in [-0.15, -0.1) is 22.7 Å². The van der Waals surface area contributed by atoms with Crippen molar-refractivity contribution in [1.29, 1.82) is 0 Å². The summed E-state index contributed by atoms with van der Waals surface area (Å²) in [6.07, 6.45) is 5.36. The van der Waals surface area contributed by atoms with E-state index in [1.54, 1.807) is 35.1 Å². The highest BCUT2D eigenvalue weighted by molar-refractivity contribution is 7.18. The van der Waals surface area contributed by atoms with Crippen LogP contribution in [0.1, 0.15) is 10.7 Å². The maximum Gasteiger partial charge on any atom is 0.179 e. The quantitative estimate of drug-likeness (QED) is 0.547. The Hall–Kier alpha value is -2.51. The largest absolute Gasteiger partial charge is 0.264 e. The van der Waals surface area contributed by atoms with Gasteiger partial charge in [0.15, 0.2) is 5.82 Å². The molecule has 118 valence electrons. The number of hydrogen-bond acceptors (Lipinski definition) is 7. The van der Waals surface area contributed by atoms with Gasteiger partial charge in [0.1, 0.15) is 10.7 Å². The van der Waals surface area contributed by atoms with Crippen LogP contribution < -0.4 is 0 Å². The Bertz CT molecular complexity index is 991. The second-order valence-corrected chi connectivity index (χ2v) is 7.25. The summed E-state index contributed by atoms with van der Waals surface area (Å²) in [7, 11) is 0. The third-order valence-corrected chi connectivity index (χ3v) is 5.44. The molecule has 0 atom stereocenters. The summed E-state index contributed by atoms with van der Waals surface area (Å²) in [4.78, 5) is 23.4. The van der Waals surface area contributed by atoms with Crippen molar-refractivity contribution in [2.24, 2.45) is 0 Å². The Morgan fingerprint density at radius 1 is 0.958 bits per heavy atom. The molecule has 0 aliphatic carbocycles. The second-order valence-electron chi connectivity index (χ2n) is 5.19. The summed E-state index contributed by atoms with van der Waals surface area (Å²) >= 11 is 3.21. The Morgan fingerprint density at radius 3 is 2.62 bits per heavy atom. The normalized spacial score (nSPS) is 10.9. The maximum atomic E-state index is 4.68. The molecule has 5 nitrogen and oxygen atoms in total. The molecule has 0 bridgehead atoms. The molecule has 0 N–H and O–H groups in total. The lowest BCUT2D eigenvalue weighted by Crippen LogP contribution is -1.91. The van der Waals surface area contributed by atoms with Crippen LogP contribution in [0.4, 0.5) is 0 Å². The topological polar surface area (TPSA) is 64.5 Å². The molecule has 0 aliphatic heterocycles. The van der Waals surface area contributed by atoms with Gasteiger partial charge in [0.2, 0.25) is 0 Å². The Labute approximate surface area is 147 Å². The second kappa shape index (κ2) is 6.18. The van der Waals surface area contributed by atoms with E-state index in [1.165, 1.54) is 0 Å². The molecule has 24 heavy (non-hydrogen) atoms. The Balaban J connectivity index is 1.76. The smallest absolute Gasteiger partial charge is 0.179 e. The van der Waals surface area contributed by atoms with Gasteiger partial charge in [-0.2, -0.15) is 0 Å². The summed E-state index contributed by atoms with van der Waals surface area (Å²) in [6, 6.07) is 5.84. The first-order valence-corrected chi connectivity index (χ1v) is 9.04. The molecular weight excluding hydrogens is 338 g/mol. The highest BCUT2D eigenvalue weighted by Gasteiger charge is 2.14. The number of nitrogens with zero attached hydrogens (tertiary/aromatic N) is 5. The molecular formula is C17H13N5S2. The third kappa shape index (κ3) is 2.83. The van der Waals surface area contributed by atoms with E-state index in [0.29, 0.717) is 5.82 Å². The fraction of sp³-hybridized carbons (Fsp3) is 0.118. The molecule has 0 radical (unpaired) electrons. The first-order valence-electron chi connectivity index (χ1n) is 7.34. The standard InChI is InChI=1S/C17H13N5S2/c1-10-15(24-17(20-10)12-4-3-6-18-8-12)13-5-7-19-16(22-13)14-9-23-11(2)21-14/h3-9H,1-2H3. The molecule has 0 aliphatic rings. The number of pyridine rings is 1. The predicted molar refractivity (Wildman–Crippen MR) is 97.0 cm³/mol. The van der Waals surface area contributed by atoms with Gasteiger partial charge >= 0.3 is 0 Å². The lowest BCUT2D eigenvalue weighted by Gasteiger charge is -2.00. The van der Waals surface area contributed by atoms with Gasteiger partial charge in [-0.25, -0.2) is 19.9 Å². The van der Waals surface area contributed by atoms with Gasteiger partial charge in [-0.05, 0) is 32.0 Å². The van der Waals surface area contributed by atoms with Crippen LogP contribution in [0.25, 0.3) is 32.7 Å². The van der Waals surface area contributed by atoms with Gasteiger partial charge < -0.3 is 0 Å². The molecule has 4 heterocycles. The summed E-state index contributed by atoms with van der Waals surface area (Å²) in [5, 5.41) is 3.93. The fourth-order valence-corrected chi connectivity index (χ4v) is 3.94. The van der Waals surface area contributed by atoms with Crippen molar-refractivity contribution in [2.75, 3.05) is 0 Å².